The van der Waals surface area contributed by atoms with Gasteiger partial charge in [-0.3, -0.25) is 24.2 Å². The molecule has 13 heteroatoms. The van der Waals surface area contributed by atoms with E-state index in [0.29, 0.717) is 19.5 Å². The third-order valence-corrected chi connectivity index (χ3v) is 11.3. The van der Waals surface area contributed by atoms with Gasteiger partial charge in [0, 0.05) is 57.3 Å². The van der Waals surface area contributed by atoms with E-state index in [0.717, 1.165) is 77.7 Å². The van der Waals surface area contributed by atoms with Crippen LogP contribution in [0, 0.1) is 29.1 Å². The van der Waals surface area contributed by atoms with Crippen molar-refractivity contribution < 1.29 is 29.4 Å². The maximum absolute atomic E-state index is 14.8. The van der Waals surface area contributed by atoms with Crippen molar-refractivity contribution in [1.29, 1.82) is 0 Å². The first kappa shape index (κ1) is 44.2. The molecule has 1 aromatic heterocycles. The van der Waals surface area contributed by atoms with Crippen LogP contribution in [0.15, 0.2) is 18.6 Å². The summed E-state index contributed by atoms with van der Waals surface area (Å²) < 4.78 is 0. The molecule has 6 N–H and O–H groups in total. The fraction of sp³-hybridized carbons (Fsp3) is 0.800. The van der Waals surface area contributed by atoms with E-state index in [1.54, 1.807) is 0 Å². The molecule has 3 fully saturated rings. The normalized spacial score (nSPS) is 22.8. The van der Waals surface area contributed by atoms with Crippen LogP contribution in [0.4, 0.5) is 0 Å². The van der Waals surface area contributed by atoms with Crippen molar-refractivity contribution in [2.75, 3.05) is 26.8 Å². The number of aromatic nitrogens is 2. The maximum Gasteiger partial charge on any atom is 0.272 e. The minimum Gasteiger partial charge on any atom is -0.400 e. The van der Waals surface area contributed by atoms with Crippen LogP contribution >= 0.6 is 0 Å². The number of carbonyl (C=O) groups excluding carboxylic acids is 4. The smallest absolute Gasteiger partial charge is 0.272 e. The summed E-state index contributed by atoms with van der Waals surface area (Å²) in [6, 6.07) is -1.65. The molecule has 1 aromatic rings. The number of rotatable bonds is 18. The number of carbonyl (C=O) groups is 4. The fourth-order valence-corrected chi connectivity index (χ4v) is 8.28. The Hall–Kier alpha value is -3.16. The Balaban J connectivity index is 0.00000372. The van der Waals surface area contributed by atoms with Gasteiger partial charge in [0.1, 0.15) is 17.8 Å². The van der Waals surface area contributed by atoms with Crippen molar-refractivity contribution in [3.8, 4) is 0 Å². The molecule has 0 bridgehead atoms. The number of likely N-dealkylation sites (tertiary alicyclic amines) is 1. The van der Waals surface area contributed by atoms with Gasteiger partial charge >= 0.3 is 0 Å². The van der Waals surface area contributed by atoms with Gasteiger partial charge in [-0.1, -0.05) is 73.6 Å². The number of hydrogen-bond donors (Lipinski definition) is 6. The van der Waals surface area contributed by atoms with Crippen molar-refractivity contribution in [2.45, 2.75) is 149 Å². The molecular weight excluding hydrogens is 674 g/mol. The summed E-state index contributed by atoms with van der Waals surface area (Å²) in [5.41, 5.74) is -0.466. The summed E-state index contributed by atoms with van der Waals surface area (Å²) in [5, 5.41) is 29.9. The third kappa shape index (κ3) is 12.7. The molecule has 4 rings (SSSR count). The molecule has 2 aliphatic carbocycles. The Labute approximate surface area is 317 Å². The zero-order chi connectivity index (χ0) is 39.1. The van der Waals surface area contributed by atoms with E-state index in [2.05, 4.69) is 52.0 Å². The largest absolute Gasteiger partial charge is 0.400 e. The lowest BCUT2D eigenvalue weighted by Gasteiger charge is -2.39. The summed E-state index contributed by atoms with van der Waals surface area (Å²) in [4.78, 5) is 65.7. The van der Waals surface area contributed by atoms with Gasteiger partial charge < -0.3 is 36.4 Å². The van der Waals surface area contributed by atoms with Gasteiger partial charge in [0.05, 0.1) is 12.1 Å². The zero-order valence-electron chi connectivity index (χ0n) is 33.4. The molecule has 300 valence electrons. The van der Waals surface area contributed by atoms with Crippen molar-refractivity contribution in [3.05, 3.63) is 24.3 Å². The fourth-order valence-electron chi connectivity index (χ4n) is 8.28. The highest BCUT2D eigenvalue weighted by Crippen LogP contribution is 2.36. The van der Waals surface area contributed by atoms with Crippen LogP contribution in [-0.4, -0.2) is 106 Å². The highest BCUT2D eigenvalue weighted by molar-refractivity contribution is 5.97. The van der Waals surface area contributed by atoms with E-state index >= 15 is 0 Å². The summed E-state index contributed by atoms with van der Waals surface area (Å²) in [6.07, 6.45) is 15.0. The number of nitrogens with one attached hydrogen (secondary N) is 4. The minimum atomic E-state index is -0.822. The van der Waals surface area contributed by atoms with Gasteiger partial charge in [-0.25, -0.2) is 4.98 Å². The Bertz CT molecular complexity index is 1280. The Morgan fingerprint density at radius 3 is 2.21 bits per heavy atom. The Morgan fingerprint density at radius 2 is 1.64 bits per heavy atom. The topological polar surface area (TPSA) is 186 Å². The van der Waals surface area contributed by atoms with E-state index in [1.165, 1.54) is 18.6 Å². The van der Waals surface area contributed by atoms with Gasteiger partial charge in [0.25, 0.3) is 5.91 Å². The van der Waals surface area contributed by atoms with Gasteiger partial charge in [-0.15, -0.1) is 0 Å². The van der Waals surface area contributed by atoms with E-state index < -0.39 is 23.4 Å². The lowest BCUT2D eigenvalue weighted by atomic mass is 9.82. The number of amides is 4. The SMILES string of the molecule is CCCC1C(C)CN(C(=O)C(NC(=O)[C@@H](NC(=O)c2cnccn2)C2CCCCC2)C(C)(C)C)[C@@H]1CN[C@@H](CCC)C(CCO)C(=O)NC1CC1.CO. The molecule has 0 radical (unpaired) electrons. The second-order valence-electron chi connectivity index (χ2n) is 16.4. The predicted octanol–water partition coefficient (Wildman–Crippen LogP) is 3.59. The number of aliphatic hydroxyl groups excluding tert-OH is 2. The first-order valence-electron chi connectivity index (χ1n) is 20.2. The molecule has 4 amide bonds. The molecule has 2 heterocycles. The zero-order valence-corrected chi connectivity index (χ0v) is 33.4. The molecule has 2 saturated carbocycles. The van der Waals surface area contributed by atoms with Crippen molar-refractivity contribution in [2.24, 2.45) is 29.1 Å². The minimum absolute atomic E-state index is 0.00948. The van der Waals surface area contributed by atoms with Gasteiger partial charge in [-0.05, 0) is 68.1 Å². The average molecular weight is 744 g/mol. The number of aliphatic hydroxyl groups is 2. The van der Waals surface area contributed by atoms with Crippen LogP contribution in [0.2, 0.25) is 0 Å². The highest BCUT2D eigenvalue weighted by Gasteiger charge is 2.47. The summed E-state index contributed by atoms with van der Waals surface area (Å²) in [6.45, 7) is 13.4. The van der Waals surface area contributed by atoms with E-state index in [-0.39, 0.29) is 71.8 Å². The van der Waals surface area contributed by atoms with Gasteiger partial charge in [0.2, 0.25) is 17.7 Å². The summed E-state index contributed by atoms with van der Waals surface area (Å²) in [5.74, 6) is -0.841. The first-order valence-corrected chi connectivity index (χ1v) is 20.2. The average Bonchev–Trinajstić information content (AvgIpc) is 3.92. The van der Waals surface area contributed by atoms with Crippen LogP contribution in [0.25, 0.3) is 0 Å². The Morgan fingerprint density at radius 1 is 0.943 bits per heavy atom. The Kier molecular flexibility index (Phi) is 18.1. The lowest BCUT2D eigenvalue weighted by Crippen LogP contribution is -2.61. The van der Waals surface area contributed by atoms with Crippen molar-refractivity contribution in [3.63, 3.8) is 0 Å². The van der Waals surface area contributed by atoms with E-state index in [1.807, 2.05) is 25.7 Å². The van der Waals surface area contributed by atoms with E-state index in [4.69, 9.17) is 5.11 Å². The van der Waals surface area contributed by atoms with Crippen LogP contribution in [0.1, 0.15) is 129 Å². The summed E-state index contributed by atoms with van der Waals surface area (Å²) >= 11 is 0. The third-order valence-electron chi connectivity index (χ3n) is 11.3. The molecule has 1 saturated heterocycles. The number of hydrogen-bond acceptors (Lipinski definition) is 9. The van der Waals surface area contributed by atoms with Crippen LogP contribution in [-0.2, 0) is 14.4 Å². The molecule has 53 heavy (non-hydrogen) atoms. The summed E-state index contributed by atoms with van der Waals surface area (Å²) in [7, 11) is 1.00. The quantitative estimate of drug-likeness (QED) is 0.131. The van der Waals surface area contributed by atoms with Gasteiger partial charge in [-0.2, -0.15) is 0 Å². The van der Waals surface area contributed by atoms with Crippen molar-refractivity contribution >= 4 is 23.6 Å². The molecular formula is C40H69N7O6. The monoisotopic (exact) mass is 744 g/mol. The standard InChI is InChI=1S/C39H65N7O5.CH4O/c1-7-12-28-25(3)24-46(32(28)23-42-30(13-8-2)29(18-21-47)35(48)43-27-16-17-27)38(51)34(39(4,5)6)45-37(50)33(26-14-10-9-11-15-26)44-36(49)31-22-40-19-20-41-31;1-2/h19-20,22,25-30,32-34,42,47H,7-18,21,23-24H2,1-6H3,(H,43,48)(H,44,49)(H,45,50);2H,1H3/t25?,28?,29?,30-,32+,33-,34?;/m0./s1. The lowest BCUT2D eigenvalue weighted by molar-refractivity contribution is -0.141. The van der Waals surface area contributed by atoms with Gasteiger partial charge in [0.15, 0.2) is 0 Å². The molecule has 0 spiro atoms. The molecule has 4 unspecified atom stereocenters. The molecule has 3 aliphatic rings. The number of nitrogens with zero attached hydrogens (tertiary/aromatic N) is 3. The maximum atomic E-state index is 14.8. The molecule has 1 aliphatic heterocycles. The molecule has 0 aromatic carbocycles. The van der Waals surface area contributed by atoms with E-state index in [9.17, 15) is 24.3 Å². The second kappa shape index (κ2) is 21.7. The van der Waals surface area contributed by atoms with Crippen LogP contribution in [0.5, 0.6) is 0 Å². The second-order valence-corrected chi connectivity index (χ2v) is 16.4. The highest BCUT2D eigenvalue weighted by atomic mass is 16.3. The predicted molar refractivity (Wildman–Crippen MR) is 206 cm³/mol. The molecule has 13 nitrogen and oxygen atoms in total. The first-order chi connectivity index (χ1) is 25.4. The van der Waals surface area contributed by atoms with Crippen LogP contribution < -0.4 is 21.3 Å². The van der Waals surface area contributed by atoms with Crippen molar-refractivity contribution in [1.82, 2.24) is 36.1 Å². The molecule has 7 atom stereocenters. The van der Waals surface area contributed by atoms with Crippen LogP contribution in [0.3, 0.4) is 0 Å².